The van der Waals surface area contributed by atoms with Gasteiger partial charge in [-0.25, -0.2) is 0 Å². The van der Waals surface area contributed by atoms with Crippen LogP contribution in [0.25, 0.3) is 0 Å². The molecule has 1 atom stereocenters. The lowest BCUT2D eigenvalue weighted by Gasteiger charge is -2.22. The predicted molar refractivity (Wildman–Crippen MR) is 119 cm³/mol. The monoisotopic (exact) mass is 436 g/mol. The van der Waals surface area contributed by atoms with Gasteiger partial charge in [-0.2, -0.15) is 0 Å². The Balaban J connectivity index is 1.44. The lowest BCUT2D eigenvalue weighted by molar-refractivity contribution is 0.0937. The van der Waals surface area contributed by atoms with E-state index in [4.69, 9.17) is 9.47 Å². The number of amides is 1. The Bertz CT molecular complexity index is 1070. The van der Waals surface area contributed by atoms with Gasteiger partial charge in [0.25, 0.3) is 5.91 Å². The zero-order chi connectivity index (χ0) is 22.5. The zero-order valence-electron chi connectivity index (χ0n) is 18.6. The van der Waals surface area contributed by atoms with E-state index in [1.165, 1.54) is 0 Å². The van der Waals surface area contributed by atoms with Gasteiger partial charge in [0.2, 0.25) is 0 Å². The lowest BCUT2D eigenvalue weighted by Crippen LogP contribution is -2.30. The highest BCUT2D eigenvalue weighted by Crippen LogP contribution is 2.31. The fraction of sp³-hybridized carbons (Fsp3) is 0.391. The summed E-state index contributed by atoms with van der Waals surface area (Å²) in [5.41, 5.74) is 1.61. The van der Waals surface area contributed by atoms with Gasteiger partial charge in [-0.05, 0) is 25.1 Å². The fourth-order valence-electron chi connectivity index (χ4n) is 4.03. The summed E-state index contributed by atoms with van der Waals surface area (Å²) in [5, 5.41) is 11.8. The van der Waals surface area contributed by atoms with E-state index in [-0.39, 0.29) is 11.9 Å². The largest absolute Gasteiger partial charge is 0.493 e. The first-order valence-electron chi connectivity index (χ1n) is 10.7. The van der Waals surface area contributed by atoms with E-state index in [2.05, 4.69) is 36.0 Å². The Morgan fingerprint density at radius 2 is 2.00 bits per heavy atom. The minimum absolute atomic E-state index is 0.177. The van der Waals surface area contributed by atoms with E-state index in [0.29, 0.717) is 5.56 Å². The number of hydrogen-bond donors (Lipinski definition) is 1. The maximum Gasteiger partial charge on any atom is 0.253 e. The third-order valence-corrected chi connectivity index (χ3v) is 5.68. The molecule has 1 aromatic carbocycles. The number of benzene rings is 1. The van der Waals surface area contributed by atoms with Gasteiger partial charge < -0.3 is 19.4 Å². The molecule has 1 amide bonds. The van der Waals surface area contributed by atoms with Crippen molar-refractivity contribution < 1.29 is 14.3 Å². The molecule has 0 radical (unpaired) electrons. The van der Waals surface area contributed by atoms with Crippen LogP contribution in [-0.4, -0.2) is 57.9 Å². The van der Waals surface area contributed by atoms with Crippen LogP contribution in [0.2, 0.25) is 0 Å². The molecule has 0 spiro atoms. The SMILES string of the molecule is COc1cccc(CN2CCc3nnc([C@@H](C)NC(=O)c4cccnc4)n3CC2)c1OC. The summed E-state index contributed by atoms with van der Waals surface area (Å²) >= 11 is 0. The van der Waals surface area contributed by atoms with Crippen molar-refractivity contribution in [3.63, 3.8) is 0 Å². The molecular weight excluding hydrogens is 408 g/mol. The van der Waals surface area contributed by atoms with Gasteiger partial charge in [0.05, 0.1) is 25.8 Å². The maximum atomic E-state index is 12.5. The topological polar surface area (TPSA) is 94.4 Å². The molecule has 1 aliphatic heterocycles. The average molecular weight is 437 g/mol. The van der Waals surface area contributed by atoms with E-state index in [0.717, 1.165) is 61.3 Å². The number of carbonyl (C=O) groups is 1. The van der Waals surface area contributed by atoms with Crippen LogP contribution in [0.5, 0.6) is 11.5 Å². The average Bonchev–Trinajstić information content (AvgIpc) is 3.13. The molecule has 0 fully saturated rings. The first-order valence-corrected chi connectivity index (χ1v) is 10.7. The highest BCUT2D eigenvalue weighted by Gasteiger charge is 2.24. The molecule has 4 rings (SSSR count). The van der Waals surface area contributed by atoms with E-state index in [1.807, 2.05) is 19.1 Å². The molecule has 0 bridgehead atoms. The molecule has 0 saturated heterocycles. The number of ether oxygens (including phenoxy) is 2. The number of para-hydroxylation sites is 1. The van der Waals surface area contributed by atoms with Crippen LogP contribution in [0.1, 0.15) is 40.5 Å². The summed E-state index contributed by atoms with van der Waals surface area (Å²) in [7, 11) is 3.31. The van der Waals surface area contributed by atoms with Crippen molar-refractivity contribution in [2.75, 3.05) is 27.3 Å². The quantitative estimate of drug-likeness (QED) is 0.607. The van der Waals surface area contributed by atoms with Crippen molar-refractivity contribution in [1.82, 2.24) is 30.0 Å². The molecule has 0 unspecified atom stereocenters. The van der Waals surface area contributed by atoms with E-state index in [9.17, 15) is 4.79 Å². The Kier molecular flexibility index (Phi) is 6.65. The van der Waals surface area contributed by atoms with Crippen molar-refractivity contribution in [3.05, 3.63) is 65.5 Å². The number of pyridine rings is 1. The van der Waals surface area contributed by atoms with Gasteiger partial charge >= 0.3 is 0 Å². The number of carbonyl (C=O) groups excluding carboxylic acids is 1. The van der Waals surface area contributed by atoms with Gasteiger partial charge in [0.15, 0.2) is 17.3 Å². The van der Waals surface area contributed by atoms with E-state index >= 15 is 0 Å². The van der Waals surface area contributed by atoms with Crippen LogP contribution in [0.4, 0.5) is 0 Å². The molecule has 3 aromatic rings. The summed E-state index contributed by atoms with van der Waals surface area (Å²) in [6.45, 7) is 5.12. The minimum Gasteiger partial charge on any atom is -0.493 e. The number of nitrogens with zero attached hydrogens (tertiary/aromatic N) is 5. The molecule has 1 N–H and O–H groups in total. The molecular formula is C23H28N6O3. The van der Waals surface area contributed by atoms with Gasteiger partial charge in [0, 0.05) is 50.6 Å². The molecule has 1 aliphatic rings. The first-order chi connectivity index (χ1) is 15.6. The summed E-state index contributed by atoms with van der Waals surface area (Å²) < 4.78 is 13.1. The number of nitrogens with one attached hydrogen (secondary N) is 1. The van der Waals surface area contributed by atoms with Crippen molar-refractivity contribution in [2.45, 2.75) is 32.5 Å². The highest BCUT2D eigenvalue weighted by atomic mass is 16.5. The second-order valence-corrected chi connectivity index (χ2v) is 7.74. The molecule has 32 heavy (non-hydrogen) atoms. The number of hydrogen-bond acceptors (Lipinski definition) is 7. The molecule has 9 nitrogen and oxygen atoms in total. The van der Waals surface area contributed by atoms with Gasteiger partial charge in [-0.1, -0.05) is 12.1 Å². The summed E-state index contributed by atoms with van der Waals surface area (Å²) in [4.78, 5) is 18.9. The Labute approximate surface area is 187 Å². The standard InChI is InChI=1S/C23H28N6O3/c1-16(25-23(30)17-7-5-10-24-14-17)22-27-26-20-9-11-28(12-13-29(20)22)15-18-6-4-8-19(31-2)21(18)32-3/h4-8,10,14,16H,9,11-13,15H2,1-3H3,(H,25,30)/t16-/m1/s1. The Morgan fingerprint density at radius 3 is 2.75 bits per heavy atom. The number of fused-ring (bicyclic) bond motifs is 1. The van der Waals surface area contributed by atoms with Gasteiger partial charge in [-0.3, -0.25) is 14.7 Å². The van der Waals surface area contributed by atoms with Crippen LogP contribution < -0.4 is 14.8 Å². The van der Waals surface area contributed by atoms with Crippen LogP contribution in [0, 0.1) is 0 Å². The first kappa shape index (κ1) is 21.8. The van der Waals surface area contributed by atoms with Crippen molar-refractivity contribution in [1.29, 1.82) is 0 Å². The number of aromatic nitrogens is 4. The van der Waals surface area contributed by atoms with Crippen LogP contribution >= 0.6 is 0 Å². The second-order valence-electron chi connectivity index (χ2n) is 7.74. The lowest BCUT2D eigenvalue weighted by atomic mass is 10.1. The predicted octanol–water partition coefficient (Wildman–Crippen LogP) is 2.24. The van der Waals surface area contributed by atoms with E-state index in [1.54, 1.807) is 38.7 Å². The molecule has 9 heteroatoms. The summed E-state index contributed by atoms with van der Waals surface area (Å²) in [5.74, 6) is 3.02. The van der Waals surface area contributed by atoms with Crippen molar-refractivity contribution in [2.24, 2.45) is 0 Å². The third kappa shape index (κ3) is 4.57. The fourth-order valence-corrected chi connectivity index (χ4v) is 4.03. The third-order valence-electron chi connectivity index (χ3n) is 5.68. The van der Waals surface area contributed by atoms with Crippen molar-refractivity contribution in [3.8, 4) is 11.5 Å². The molecule has 2 aromatic heterocycles. The summed E-state index contributed by atoms with van der Waals surface area (Å²) in [6, 6.07) is 9.16. The molecule has 0 saturated carbocycles. The molecule has 168 valence electrons. The van der Waals surface area contributed by atoms with E-state index < -0.39 is 0 Å². The minimum atomic E-state index is -0.269. The Hall–Kier alpha value is -3.46. The zero-order valence-corrected chi connectivity index (χ0v) is 18.6. The Morgan fingerprint density at radius 1 is 1.12 bits per heavy atom. The number of rotatable bonds is 7. The highest BCUT2D eigenvalue weighted by molar-refractivity contribution is 5.94. The smallest absolute Gasteiger partial charge is 0.253 e. The van der Waals surface area contributed by atoms with Crippen molar-refractivity contribution >= 4 is 5.91 Å². The molecule has 3 heterocycles. The van der Waals surface area contributed by atoms with Gasteiger partial charge in [-0.15, -0.1) is 10.2 Å². The molecule has 0 aliphatic carbocycles. The van der Waals surface area contributed by atoms with Gasteiger partial charge in [0.1, 0.15) is 5.82 Å². The number of methoxy groups -OCH3 is 2. The maximum absolute atomic E-state index is 12.5. The second kappa shape index (κ2) is 9.78. The van der Waals surface area contributed by atoms with Crippen LogP contribution in [0.3, 0.4) is 0 Å². The normalized spacial score (nSPS) is 14.8. The summed E-state index contributed by atoms with van der Waals surface area (Å²) in [6.07, 6.45) is 3.98. The van der Waals surface area contributed by atoms with Crippen LogP contribution in [-0.2, 0) is 19.5 Å². The van der Waals surface area contributed by atoms with Crippen LogP contribution in [0.15, 0.2) is 42.7 Å².